The van der Waals surface area contributed by atoms with E-state index in [0.717, 1.165) is 19.3 Å². The Morgan fingerprint density at radius 2 is 1.77 bits per heavy atom. The molecule has 2 unspecified atom stereocenters. The van der Waals surface area contributed by atoms with Gasteiger partial charge in [0, 0.05) is 12.3 Å². The van der Waals surface area contributed by atoms with Crippen LogP contribution < -0.4 is 0 Å². The molecule has 0 aliphatic heterocycles. The van der Waals surface area contributed by atoms with Gasteiger partial charge in [0.25, 0.3) is 0 Å². The van der Waals surface area contributed by atoms with E-state index < -0.39 is 0 Å². The lowest BCUT2D eigenvalue weighted by molar-refractivity contribution is -0.125. The fourth-order valence-corrected chi connectivity index (χ4v) is 2.36. The van der Waals surface area contributed by atoms with Gasteiger partial charge >= 0.3 is 0 Å². The van der Waals surface area contributed by atoms with Crippen LogP contribution in [0.2, 0.25) is 0 Å². The summed E-state index contributed by atoms with van der Waals surface area (Å²) < 4.78 is 0. The Hall–Kier alpha value is -0.660. The molecule has 0 N–H and O–H groups in total. The van der Waals surface area contributed by atoms with E-state index in [4.69, 9.17) is 0 Å². The smallest absolute Gasteiger partial charge is 0.133 e. The highest BCUT2D eigenvalue weighted by atomic mass is 16.1. The van der Waals surface area contributed by atoms with Crippen LogP contribution in [0.15, 0.2) is 0 Å². The van der Waals surface area contributed by atoms with E-state index in [1.807, 2.05) is 0 Å². The van der Waals surface area contributed by atoms with Crippen LogP contribution in [0.1, 0.15) is 46.0 Å². The third-order valence-electron chi connectivity index (χ3n) is 2.98. The lowest BCUT2D eigenvalue weighted by Crippen LogP contribution is -2.26. The number of ketones is 2. The maximum absolute atomic E-state index is 11.3. The zero-order chi connectivity index (χ0) is 9.84. The summed E-state index contributed by atoms with van der Waals surface area (Å²) in [6, 6.07) is 0. The van der Waals surface area contributed by atoms with Gasteiger partial charge in [-0.1, -0.05) is 12.8 Å². The summed E-state index contributed by atoms with van der Waals surface area (Å²) in [5.41, 5.74) is 0. The maximum atomic E-state index is 11.3. The largest absolute Gasteiger partial charge is 0.300 e. The highest BCUT2D eigenvalue weighted by molar-refractivity contribution is 5.81. The van der Waals surface area contributed by atoms with Crippen molar-refractivity contribution in [3.8, 4) is 0 Å². The molecule has 1 saturated carbocycles. The Bertz CT molecular complexity index is 208. The molecule has 1 aliphatic carbocycles. The molecule has 13 heavy (non-hydrogen) atoms. The quantitative estimate of drug-likeness (QED) is 0.671. The summed E-state index contributed by atoms with van der Waals surface area (Å²) in [7, 11) is 0. The van der Waals surface area contributed by atoms with Crippen LogP contribution in [0, 0.1) is 11.8 Å². The lowest BCUT2D eigenvalue weighted by atomic mass is 9.75. The Balaban J connectivity index is 2.56. The second kappa shape index (κ2) is 4.54. The second-order valence-corrected chi connectivity index (χ2v) is 4.17. The van der Waals surface area contributed by atoms with Crippen molar-refractivity contribution in [1.29, 1.82) is 0 Å². The average Bonchev–Trinajstić information content (AvgIpc) is 2.03. The molecule has 2 heteroatoms. The molecule has 1 fully saturated rings. The van der Waals surface area contributed by atoms with Crippen molar-refractivity contribution in [1.82, 2.24) is 0 Å². The van der Waals surface area contributed by atoms with E-state index in [9.17, 15) is 9.59 Å². The summed E-state index contributed by atoms with van der Waals surface area (Å²) in [5.74, 6) is 0.991. The molecule has 2 nitrogen and oxygen atoms in total. The Morgan fingerprint density at radius 3 is 2.31 bits per heavy atom. The molecule has 1 aliphatic rings. The molecular weight excluding hydrogens is 164 g/mol. The molecule has 0 spiro atoms. The van der Waals surface area contributed by atoms with E-state index in [1.54, 1.807) is 13.8 Å². The maximum Gasteiger partial charge on any atom is 0.133 e. The van der Waals surface area contributed by atoms with E-state index in [2.05, 4.69) is 0 Å². The van der Waals surface area contributed by atoms with Gasteiger partial charge in [0.1, 0.15) is 11.6 Å². The summed E-state index contributed by atoms with van der Waals surface area (Å²) in [4.78, 5) is 22.2. The molecular formula is C11H18O2. The average molecular weight is 182 g/mol. The first kappa shape index (κ1) is 10.4. The van der Waals surface area contributed by atoms with E-state index in [-0.39, 0.29) is 17.5 Å². The predicted molar refractivity (Wildman–Crippen MR) is 51.4 cm³/mol. The SMILES string of the molecule is CC(=O)CC1CCCCC1C(C)=O. The molecule has 74 valence electrons. The van der Waals surface area contributed by atoms with Gasteiger partial charge < -0.3 is 4.79 Å². The van der Waals surface area contributed by atoms with Gasteiger partial charge in [0.15, 0.2) is 0 Å². The van der Waals surface area contributed by atoms with E-state index >= 15 is 0 Å². The van der Waals surface area contributed by atoms with Crippen molar-refractivity contribution in [2.24, 2.45) is 11.8 Å². The summed E-state index contributed by atoms with van der Waals surface area (Å²) in [6.45, 7) is 3.27. The number of carbonyl (C=O) groups is 2. The first-order valence-corrected chi connectivity index (χ1v) is 5.11. The van der Waals surface area contributed by atoms with Crippen LogP contribution in [-0.2, 0) is 9.59 Å². The predicted octanol–water partition coefficient (Wildman–Crippen LogP) is 2.36. The van der Waals surface area contributed by atoms with Crippen LogP contribution in [0.4, 0.5) is 0 Å². The number of Topliss-reactive ketones (excluding diaryl/α,β-unsaturated/α-hetero) is 2. The molecule has 0 amide bonds. The minimum absolute atomic E-state index is 0.164. The molecule has 0 bridgehead atoms. The zero-order valence-corrected chi connectivity index (χ0v) is 8.51. The molecule has 1 rings (SSSR count). The first-order valence-electron chi connectivity index (χ1n) is 5.11. The Labute approximate surface area is 79.7 Å². The zero-order valence-electron chi connectivity index (χ0n) is 8.51. The molecule has 0 heterocycles. The first-order chi connectivity index (χ1) is 6.11. The fourth-order valence-electron chi connectivity index (χ4n) is 2.36. The van der Waals surface area contributed by atoms with Crippen LogP contribution in [0.25, 0.3) is 0 Å². The minimum atomic E-state index is 0.164. The van der Waals surface area contributed by atoms with Crippen molar-refractivity contribution in [2.45, 2.75) is 46.0 Å². The highest BCUT2D eigenvalue weighted by Gasteiger charge is 2.28. The van der Waals surface area contributed by atoms with Gasteiger partial charge in [-0.2, -0.15) is 0 Å². The molecule has 0 aromatic rings. The van der Waals surface area contributed by atoms with Gasteiger partial charge in [-0.25, -0.2) is 0 Å². The van der Waals surface area contributed by atoms with Crippen molar-refractivity contribution in [3.05, 3.63) is 0 Å². The van der Waals surface area contributed by atoms with Gasteiger partial charge in [0.05, 0.1) is 0 Å². The molecule has 0 aromatic heterocycles. The Kier molecular flexibility index (Phi) is 3.64. The van der Waals surface area contributed by atoms with Crippen LogP contribution >= 0.6 is 0 Å². The number of hydrogen-bond donors (Lipinski definition) is 0. The molecule has 0 saturated heterocycles. The van der Waals surface area contributed by atoms with Gasteiger partial charge in [-0.3, -0.25) is 4.79 Å². The number of rotatable bonds is 3. The topological polar surface area (TPSA) is 34.1 Å². The summed E-state index contributed by atoms with van der Waals surface area (Å²) in [5, 5.41) is 0. The number of carbonyl (C=O) groups excluding carboxylic acids is 2. The molecule has 0 radical (unpaired) electrons. The Morgan fingerprint density at radius 1 is 1.15 bits per heavy atom. The standard InChI is InChI=1S/C11H18O2/c1-8(12)7-10-5-3-4-6-11(10)9(2)13/h10-11H,3-7H2,1-2H3. The van der Waals surface area contributed by atoms with E-state index in [1.165, 1.54) is 6.42 Å². The van der Waals surface area contributed by atoms with Crippen molar-refractivity contribution >= 4 is 11.6 Å². The monoisotopic (exact) mass is 182 g/mol. The lowest BCUT2D eigenvalue weighted by Gasteiger charge is -2.28. The summed E-state index contributed by atoms with van der Waals surface area (Å²) >= 11 is 0. The molecule has 2 atom stereocenters. The highest BCUT2D eigenvalue weighted by Crippen LogP contribution is 2.32. The van der Waals surface area contributed by atoms with Crippen LogP contribution in [0.5, 0.6) is 0 Å². The molecule has 0 aromatic carbocycles. The second-order valence-electron chi connectivity index (χ2n) is 4.17. The van der Waals surface area contributed by atoms with Crippen molar-refractivity contribution in [2.75, 3.05) is 0 Å². The van der Waals surface area contributed by atoms with Gasteiger partial charge in [-0.15, -0.1) is 0 Å². The number of hydrogen-bond acceptors (Lipinski definition) is 2. The van der Waals surface area contributed by atoms with Gasteiger partial charge in [0.2, 0.25) is 0 Å². The van der Waals surface area contributed by atoms with Crippen LogP contribution in [-0.4, -0.2) is 11.6 Å². The van der Waals surface area contributed by atoms with Crippen molar-refractivity contribution in [3.63, 3.8) is 0 Å². The third kappa shape index (κ3) is 2.94. The fraction of sp³-hybridized carbons (Fsp3) is 0.818. The van der Waals surface area contributed by atoms with E-state index in [0.29, 0.717) is 12.3 Å². The minimum Gasteiger partial charge on any atom is -0.300 e. The van der Waals surface area contributed by atoms with Crippen molar-refractivity contribution < 1.29 is 9.59 Å². The van der Waals surface area contributed by atoms with Gasteiger partial charge in [-0.05, 0) is 32.6 Å². The summed E-state index contributed by atoms with van der Waals surface area (Å²) in [6.07, 6.45) is 4.99. The normalized spacial score (nSPS) is 28.5. The van der Waals surface area contributed by atoms with Crippen LogP contribution in [0.3, 0.4) is 0 Å². The third-order valence-corrected chi connectivity index (χ3v) is 2.98.